The van der Waals surface area contributed by atoms with Gasteiger partial charge in [-0.2, -0.15) is 0 Å². The number of carboxylic acid groups (broad SMARTS) is 1. The molecule has 2 aromatic rings. The van der Waals surface area contributed by atoms with Gasteiger partial charge < -0.3 is 9.67 Å². The Morgan fingerprint density at radius 1 is 1.58 bits per heavy atom. The lowest BCUT2D eigenvalue weighted by Crippen LogP contribution is -2.02. The lowest BCUT2D eigenvalue weighted by Gasteiger charge is -2.06. The number of benzene rings is 1. The third-order valence-electron chi connectivity index (χ3n) is 2.94. The van der Waals surface area contributed by atoms with Crippen LogP contribution >= 0.6 is 34.4 Å². The SMILES string of the molecule is O=C(O)CSc1nc2cc(I)c(F)cc2n1C1CC1. The van der Waals surface area contributed by atoms with Gasteiger partial charge in [0.2, 0.25) is 0 Å². The normalized spacial score (nSPS) is 15.1. The predicted molar refractivity (Wildman–Crippen MR) is 79.0 cm³/mol. The molecule has 0 spiro atoms. The van der Waals surface area contributed by atoms with Crippen molar-refractivity contribution in [2.75, 3.05) is 5.75 Å². The van der Waals surface area contributed by atoms with Crippen molar-refractivity contribution in [2.45, 2.75) is 24.0 Å². The molecule has 1 fully saturated rings. The lowest BCUT2D eigenvalue weighted by atomic mass is 10.3. The molecule has 0 bridgehead atoms. The number of hydrogen-bond acceptors (Lipinski definition) is 3. The highest BCUT2D eigenvalue weighted by atomic mass is 127. The number of rotatable bonds is 4. The van der Waals surface area contributed by atoms with Crippen molar-refractivity contribution in [3.63, 3.8) is 0 Å². The zero-order valence-electron chi connectivity index (χ0n) is 9.77. The molecule has 1 aromatic heterocycles. The van der Waals surface area contributed by atoms with Gasteiger partial charge in [0.1, 0.15) is 5.82 Å². The van der Waals surface area contributed by atoms with Gasteiger partial charge >= 0.3 is 5.97 Å². The van der Waals surface area contributed by atoms with E-state index in [4.69, 9.17) is 5.11 Å². The van der Waals surface area contributed by atoms with E-state index in [1.807, 2.05) is 27.2 Å². The molecule has 0 saturated heterocycles. The van der Waals surface area contributed by atoms with E-state index in [2.05, 4.69) is 4.98 Å². The summed E-state index contributed by atoms with van der Waals surface area (Å²) in [5, 5.41) is 9.43. The summed E-state index contributed by atoms with van der Waals surface area (Å²) in [4.78, 5) is 15.1. The van der Waals surface area contributed by atoms with Crippen LogP contribution in [0.4, 0.5) is 4.39 Å². The average molecular weight is 392 g/mol. The van der Waals surface area contributed by atoms with E-state index in [0.29, 0.717) is 14.8 Å². The molecule has 1 saturated carbocycles. The molecule has 0 unspecified atom stereocenters. The van der Waals surface area contributed by atoms with E-state index in [9.17, 15) is 9.18 Å². The summed E-state index contributed by atoms with van der Waals surface area (Å²) in [6.45, 7) is 0. The monoisotopic (exact) mass is 392 g/mol. The fourth-order valence-corrected chi connectivity index (χ4v) is 3.23. The van der Waals surface area contributed by atoms with Crippen molar-refractivity contribution < 1.29 is 14.3 Å². The zero-order chi connectivity index (χ0) is 13.6. The molecule has 1 aliphatic rings. The van der Waals surface area contributed by atoms with E-state index in [-0.39, 0.29) is 11.6 Å². The molecular formula is C12H10FIN2O2S. The second-order valence-electron chi connectivity index (χ2n) is 4.43. The standard InChI is InChI=1S/C12H10FIN2O2S/c13-7-3-10-9(4-8(7)14)15-12(19-5-11(17)18)16(10)6-1-2-6/h3-4,6H,1-2,5H2,(H,17,18). The van der Waals surface area contributed by atoms with Gasteiger partial charge in [0.05, 0.1) is 20.4 Å². The summed E-state index contributed by atoms with van der Waals surface area (Å²) < 4.78 is 16.2. The van der Waals surface area contributed by atoms with Crippen molar-refractivity contribution in [2.24, 2.45) is 0 Å². The number of carboxylic acids is 1. The lowest BCUT2D eigenvalue weighted by molar-refractivity contribution is -0.133. The second-order valence-corrected chi connectivity index (χ2v) is 6.54. The number of aliphatic carboxylic acids is 1. The van der Waals surface area contributed by atoms with Crippen molar-refractivity contribution in [1.82, 2.24) is 9.55 Å². The van der Waals surface area contributed by atoms with E-state index in [1.165, 1.54) is 17.8 Å². The number of carbonyl (C=O) groups is 1. The zero-order valence-corrected chi connectivity index (χ0v) is 12.7. The molecule has 1 aromatic carbocycles. The Labute approximate surface area is 126 Å². The molecule has 100 valence electrons. The third kappa shape index (κ3) is 2.58. The van der Waals surface area contributed by atoms with Gasteiger partial charge in [0.15, 0.2) is 5.16 Å². The van der Waals surface area contributed by atoms with Gasteiger partial charge in [-0.1, -0.05) is 11.8 Å². The molecule has 1 heterocycles. The first-order chi connectivity index (χ1) is 9.06. The highest BCUT2D eigenvalue weighted by molar-refractivity contribution is 14.1. The van der Waals surface area contributed by atoms with Gasteiger partial charge in [-0.25, -0.2) is 9.37 Å². The fraction of sp³-hybridized carbons (Fsp3) is 0.333. The van der Waals surface area contributed by atoms with Crippen molar-refractivity contribution in [1.29, 1.82) is 0 Å². The predicted octanol–water partition coefficient (Wildman–Crippen LogP) is 3.29. The van der Waals surface area contributed by atoms with Crippen LogP contribution in [0.5, 0.6) is 0 Å². The van der Waals surface area contributed by atoms with Gasteiger partial charge in [-0.15, -0.1) is 0 Å². The molecule has 1 aliphatic carbocycles. The Kier molecular flexibility index (Phi) is 3.42. The Balaban J connectivity index is 2.10. The molecule has 0 amide bonds. The minimum absolute atomic E-state index is 0.0321. The van der Waals surface area contributed by atoms with Crippen LogP contribution in [-0.2, 0) is 4.79 Å². The molecule has 0 atom stereocenters. The van der Waals surface area contributed by atoms with E-state index in [0.717, 1.165) is 23.9 Å². The van der Waals surface area contributed by atoms with Crippen LogP contribution in [0.2, 0.25) is 0 Å². The minimum atomic E-state index is -0.875. The Morgan fingerprint density at radius 3 is 2.95 bits per heavy atom. The molecule has 4 nitrogen and oxygen atoms in total. The number of imidazole rings is 1. The minimum Gasteiger partial charge on any atom is -0.481 e. The number of aromatic nitrogens is 2. The largest absolute Gasteiger partial charge is 0.481 e. The maximum atomic E-state index is 13.7. The summed E-state index contributed by atoms with van der Waals surface area (Å²) in [5.41, 5.74) is 1.49. The summed E-state index contributed by atoms with van der Waals surface area (Å²) in [5.74, 6) is -1.17. The quantitative estimate of drug-likeness (QED) is 0.641. The van der Waals surface area contributed by atoms with Crippen LogP contribution in [0.1, 0.15) is 18.9 Å². The number of fused-ring (bicyclic) bond motifs is 1. The fourth-order valence-electron chi connectivity index (χ4n) is 1.98. The number of hydrogen-bond donors (Lipinski definition) is 1. The van der Waals surface area contributed by atoms with E-state index < -0.39 is 5.97 Å². The first-order valence-corrected chi connectivity index (χ1v) is 7.84. The van der Waals surface area contributed by atoms with Crippen molar-refractivity contribution >= 4 is 51.4 Å². The second kappa shape index (κ2) is 4.93. The molecule has 7 heteroatoms. The summed E-state index contributed by atoms with van der Waals surface area (Å²) >= 11 is 3.12. The maximum absolute atomic E-state index is 13.7. The average Bonchev–Trinajstić information content (AvgIpc) is 3.11. The van der Waals surface area contributed by atoms with Crippen LogP contribution in [0, 0.1) is 9.39 Å². The maximum Gasteiger partial charge on any atom is 0.313 e. The molecule has 0 aliphatic heterocycles. The molecule has 1 N–H and O–H groups in total. The third-order valence-corrected chi connectivity index (χ3v) is 4.70. The van der Waals surface area contributed by atoms with Gasteiger partial charge in [0.25, 0.3) is 0 Å². The van der Waals surface area contributed by atoms with Crippen molar-refractivity contribution in [3.05, 3.63) is 21.5 Å². The van der Waals surface area contributed by atoms with Crippen LogP contribution in [-0.4, -0.2) is 26.4 Å². The van der Waals surface area contributed by atoms with Crippen LogP contribution in [0.25, 0.3) is 11.0 Å². The van der Waals surface area contributed by atoms with Crippen LogP contribution in [0.15, 0.2) is 17.3 Å². The van der Waals surface area contributed by atoms with Crippen LogP contribution in [0.3, 0.4) is 0 Å². The summed E-state index contributed by atoms with van der Waals surface area (Å²) in [7, 11) is 0. The van der Waals surface area contributed by atoms with E-state index in [1.54, 1.807) is 6.07 Å². The van der Waals surface area contributed by atoms with Gasteiger partial charge in [-0.3, -0.25) is 4.79 Å². The van der Waals surface area contributed by atoms with Crippen molar-refractivity contribution in [3.8, 4) is 0 Å². The topological polar surface area (TPSA) is 55.1 Å². The molecule has 3 rings (SSSR count). The summed E-state index contributed by atoms with van der Waals surface area (Å²) in [6, 6.07) is 3.53. The Bertz CT molecular complexity index is 669. The first-order valence-electron chi connectivity index (χ1n) is 5.78. The first kappa shape index (κ1) is 13.2. The Hall–Kier alpha value is -0.830. The van der Waals surface area contributed by atoms with Crippen LogP contribution < -0.4 is 0 Å². The number of halogens is 2. The molecular weight excluding hydrogens is 382 g/mol. The highest BCUT2D eigenvalue weighted by Gasteiger charge is 2.29. The number of nitrogens with zero attached hydrogens (tertiary/aromatic N) is 2. The molecule has 19 heavy (non-hydrogen) atoms. The summed E-state index contributed by atoms with van der Waals surface area (Å²) in [6.07, 6.45) is 2.08. The Morgan fingerprint density at radius 2 is 2.32 bits per heavy atom. The molecule has 0 radical (unpaired) electrons. The van der Waals surface area contributed by atoms with E-state index >= 15 is 0 Å². The number of thioether (sulfide) groups is 1. The van der Waals surface area contributed by atoms with Gasteiger partial charge in [0, 0.05) is 12.1 Å². The smallest absolute Gasteiger partial charge is 0.313 e. The van der Waals surface area contributed by atoms with Gasteiger partial charge in [-0.05, 0) is 41.5 Å². The highest BCUT2D eigenvalue weighted by Crippen LogP contribution is 2.41.